The van der Waals surface area contributed by atoms with Crippen LogP contribution >= 0.6 is 0 Å². The van der Waals surface area contributed by atoms with Gasteiger partial charge in [-0.05, 0) is 27.2 Å². The molecule has 82 valence electrons. The largest absolute Gasteiger partial charge is 0.462 e. The molecule has 0 radical (unpaired) electrons. The molecule has 0 aliphatic carbocycles. The first-order valence-electron chi connectivity index (χ1n) is 5.28. The van der Waals surface area contributed by atoms with Gasteiger partial charge in [-0.2, -0.15) is 0 Å². The Hall–Kier alpha value is -0.570. The van der Waals surface area contributed by atoms with Crippen LogP contribution in [0.2, 0.25) is 0 Å². The van der Waals surface area contributed by atoms with E-state index in [1.165, 1.54) is 0 Å². The van der Waals surface area contributed by atoms with Gasteiger partial charge in [-0.1, -0.05) is 13.3 Å². The highest BCUT2D eigenvalue weighted by molar-refractivity contribution is 5.75. The van der Waals surface area contributed by atoms with E-state index in [2.05, 4.69) is 6.92 Å². The highest BCUT2D eigenvalue weighted by atomic mass is 16.6. The smallest absolute Gasteiger partial charge is 0.311 e. The second kappa shape index (κ2) is 4.30. The Bertz CT molecular complexity index is 205. The molecule has 0 spiro atoms. The first-order chi connectivity index (χ1) is 6.45. The highest BCUT2D eigenvalue weighted by Gasteiger charge is 2.39. The van der Waals surface area contributed by atoms with Crippen molar-refractivity contribution in [3.05, 3.63) is 0 Å². The van der Waals surface area contributed by atoms with Crippen molar-refractivity contribution in [3.63, 3.8) is 0 Å². The van der Waals surface area contributed by atoms with Crippen molar-refractivity contribution in [1.29, 1.82) is 0 Å². The number of carbonyl (C=O) groups excluding carboxylic acids is 1. The van der Waals surface area contributed by atoms with Crippen molar-refractivity contribution >= 4 is 5.97 Å². The maximum Gasteiger partial charge on any atom is 0.311 e. The maximum absolute atomic E-state index is 11.4. The summed E-state index contributed by atoms with van der Waals surface area (Å²) in [6.07, 6.45) is 2.67. The third kappa shape index (κ3) is 3.29. The minimum absolute atomic E-state index is 0.150. The lowest BCUT2D eigenvalue weighted by Gasteiger charge is -2.15. The SMILES string of the molecule is CCC[C@@H]1O[C@H]1COC(=O)C(C)(C)C. The summed E-state index contributed by atoms with van der Waals surface area (Å²) in [5, 5.41) is 0. The van der Waals surface area contributed by atoms with Gasteiger partial charge in [0.25, 0.3) is 0 Å². The standard InChI is InChI=1S/C11H20O3/c1-5-6-8-9(14-8)7-13-10(12)11(2,3)4/h8-9H,5-7H2,1-4H3/t8-,9-/m0/s1. The maximum atomic E-state index is 11.4. The van der Waals surface area contributed by atoms with E-state index in [-0.39, 0.29) is 12.1 Å². The van der Waals surface area contributed by atoms with Gasteiger partial charge < -0.3 is 9.47 Å². The lowest BCUT2D eigenvalue weighted by atomic mass is 9.97. The summed E-state index contributed by atoms with van der Waals surface area (Å²) in [7, 11) is 0. The summed E-state index contributed by atoms with van der Waals surface area (Å²) in [5.74, 6) is -0.150. The van der Waals surface area contributed by atoms with Crippen molar-refractivity contribution < 1.29 is 14.3 Å². The van der Waals surface area contributed by atoms with Gasteiger partial charge in [-0.3, -0.25) is 4.79 Å². The van der Waals surface area contributed by atoms with E-state index in [4.69, 9.17) is 9.47 Å². The molecule has 0 N–H and O–H groups in total. The van der Waals surface area contributed by atoms with Crippen LogP contribution in [0.25, 0.3) is 0 Å². The van der Waals surface area contributed by atoms with Crippen molar-refractivity contribution in [1.82, 2.24) is 0 Å². The fourth-order valence-corrected chi connectivity index (χ4v) is 1.24. The number of epoxide rings is 1. The quantitative estimate of drug-likeness (QED) is 0.515. The molecule has 3 nitrogen and oxygen atoms in total. The molecule has 1 aliphatic heterocycles. The van der Waals surface area contributed by atoms with Crippen LogP contribution in [-0.4, -0.2) is 24.8 Å². The second-order valence-corrected chi connectivity index (χ2v) is 4.85. The first kappa shape index (κ1) is 11.5. The average Bonchev–Trinajstić information content (AvgIpc) is 2.78. The van der Waals surface area contributed by atoms with Gasteiger partial charge in [0.1, 0.15) is 12.7 Å². The number of ether oxygens (including phenoxy) is 2. The molecule has 1 saturated heterocycles. The Morgan fingerprint density at radius 2 is 2.00 bits per heavy atom. The zero-order chi connectivity index (χ0) is 10.8. The second-order valence-electron chi connectivity index (χ2n) is 4.85. The minimum Gasteiger partial charge on any atom is -0.462 e. The zero-order valence-corrected chi connectivity index (χ0v) is 9.50. The third-order valence-corrected chi connectivity index (χ3v) is 2.25. The van der Waals surface area contributed by atoms with E-state index >= 15 is 0 Å². The van der Waals surface area contributed by atoms with Crippen molar-refractivity contribution in [2.75, 3.05) is 6.61 Å². The molecule has 0 amide bonds. The Kier molecular flexibility index (Phi) is 3.53. The molecule has 3 heteroatoms. The van der Waals surface area contributed by atoms with Crippen LogP contribution in [0.5, 0.6) is 0 Å². The fourth-order valence-electron chi connectivity index (χ4n) is 1.24. The molecule has 14 heavy (non-hydrogen) atoms. The summed E-state index contributed by atoms with van der Waals surface area (Å²) in [6, 6.07) is 0. The summed E-state index contributed by atoms with van der Waals surface area (Å²) in [4.78, 5) is 11.4. The monoisotopic (exact) mass is 200 g/mol. The van der Waals surface area contributed by atoms with Crippen LogP contribution in [0.3, 0.4) is 0 Å². The average molecular weight is 200 g/mol. The summed E-state index contributed by atoms with van der Waals surface area (Å²) >= 11 is 0. The Labute approximate surface area is 85.8 Å². The molecule has 1 fully saturated rings. The van der Waals surface area contributed by atoms with E-state index < -0.39 is 5.41 Å². The first-order valence-corrected chi connectivity index (χ1v) is 5.28. The Morgan fingerprint density at radius 3 is 2.50 bits per heavy atom. The molecule has 0 aromatic rings. The molecule has 2 atom stereocenters. The predicted octanol–water partition coefficient (Wildman–Crippen LogP) is 2.14. The molecule has 0 aromatic heterocycles. The van der Waals surface area contributed by atoms with E-state index in [0.29, 0.717) is 12.7 Å². The van der Waals surface area contributed by atoms with Gasteiger partial charge in [-0.25, -0.2) is 0 Å². The zero-order valence-electron chi connectivity index (χ0n) is 9.50. The van der Waals surface area contributed by atoms with E-state index in [1.807, 2.05) is 20.8 Å². The van der Waals surface area contributed by atoms with Crippen LogP contribution < -0.4 is 0 Å². The number of carbonyl (C=O) groups is 1. The van der Waals surface area contributed by atoms with Gasteiger partial charge in [0, 0.05) is 0 Å². The molecule has 0 bridgehead atoms. The van der Waals surface area contributed by atoms with Gasteiger partial charge in [0.2, 0.25) is 0 Å². The van der Waals surface area contributed by atoms with Crippen LogP contribution in [0.4, 0.5) is 0 Å². The summed E-state index contributed by atoms with van der Waals surface area (Å²) in [6.45, 7) is 8.10. The van der Waals surface area contributed by atoms with Crippen LogP contribution in [-0.2, 0) is 14.3 Å². The number of hydrogen-bond donors (Lipinski definition) is 0. The van der Waals surface area contributed by atoms with E-state index in [0.717, 1.165) is 12.8 Å². The molecule has 1 heterocycles. The summed E-state index contributed by atoms with van der Waals surface area (Å²) in [5.41, 5.74) is -0.408. The Morgan fingerprint density at radius 1 is 1.36 bits per heavy atom. The van der Waals surface area contributed by atoms with E-state index in [1.54, 1.807) is 0 Å². The van der Waals surface area contributed by atoms with Crippen LogP contribution in [0.1, 0.15) is 40.5 Å². The van der Waals surface area contributed by atoms with Crippen molar-refractivity contribution in [3.8, 4) is 0 Å². The number of esters is 1. The third-order valence-electron chi connectivity index (χ3n) is 2.25. The lowest BCUT2D eigenvalue weighted by Crippen LogP contribution is -2.24. The minimum atomic E-state index is -0.408. The van der Waals surface area contributed by atoms with Gasteiger partial charge in [-0.15, -0.1) is 0 Å². The van der Waals surface area contributed by atoms with E-state index in [9.17, 15) is 4.79 Å². The topological polar surface area (TPSA) is 38.8 Å². The normalized spacial score (nSPS) is 26.0. The lowest BCUT2D eigenvalue weighted by molar-refractivity contribution is -0.153. The van der Waals surface area contributed by atoms with Gasteiger partial charge >= 0.3 is 5.97 Å². The molecule has 1 aliphatic rings. The molecular weight excluding hydrogens is 180 g/mol. The van der Waals surface area contributed by atoms with Crippen molar-refractivity contribution in [2.24, 2.45) is 5.41 Å². The van der Waals surface area contributed by atoms with Gasteiger partial charge in [0.15, 0.2) is 0 Å². The summed E-state index contributed by atoms with van der Waals surface area (Å²) < 4.78 is 10.5. The van der Waals surface area contributed by atoms with Crippen LogP contribution in [0.15, 0.2) is 0 Å². The van der Waals surface area contributed by atoms with Crippen molar-refractivity contribution in [2.45, 2.75) is 52.7 Å². The molecule has 0 unspecified atom stereocenters. The predicted molar refractivity (Wildman–Crippen MR) is 54.0 cm³/mol. The van der Waals surface area contributed by atoms with Crippen LogP contribution in [0, 0.1) is 5.41 Å². The molecule has 1 rings (SSSR count). The molecule has 0 aromatic carbocycles. The van der Waals surface area contributed by atoms with Gasteiger partial charge in [0.05, 0.1) is 11.5 Å². The molecular formula is C11H20O3. The Balaban J connectivity index is 2.14. The fraction of sp³-hybridized carbons (Fsp3) is 0.909. The number of hydrogen-bond acceptors (Lipinski definition) is 3. The molecule has 0 saturated carbocycles. The highest BCUT2D eigenvalue weighted by Crippen LogP contribution is 2.27. The number of rotatable bonds is 4.